The van der Waals surface area contributed by atoms with Gasteiger partial charge < -0.3 is 29.3 Å². The number of esters is 1. The molecule has 3 aliphatic heterocycles. The lowest BCUT2D eigenvalue weighted by Crippen LogP contribution is -2.57. The van der Waals surface area contributed by atoms with E-state index < -0.39 is 35.6 Å². The van der Waals surface area contributed by atoms with Gasteiger partial charge in [-0.3, -0.25) is 14.4 Å². The van der Waals surface area contributed by atoms with Gasteiger partial charge in [-0.1, -0.05) is 22.0 Å². The van der Waals surface area contributed by atoms with Crippen molar-refractivity contribution in [2.24, 2.45) is 11.8 Å². The van der Waals surface area contributed by atoms with E-state index in [9.17, 15) is 19.5 Å². The van der Waals surface area contributed by atoms with Crippen LogP contribution in [0, 0.1) is 11.8 Å². The monoisotopic (exact) mass is 605 g/mol. The zero-order chi connectivity index (χ0) is 28.3. The van der Waals surface area contributed by atoms with Crippen LogP contribution < -0.4 is 9.80 Å². The third-order valence-electron chi connectivity index (χ3n) is 8.26. The maximum Gasteiger partial charge on any atom is 0.312 e. The van der Waals surface area contributed by atoms with E-state index in [-0.39, 0.29) is 42.9 Å². The predicted octanol–water partition coefficient (Wildman–Crippen LogP) is 3.14. The number of rotatable bonds is 13. The van der Waals surface area contributed by atoms with Gasteiger partial charge in [0, 0.05) is 49.0 Å². The summed E-state index contributed by atoms with van der Waals surface area (Å²) in [5.41, 5.74) is 0.611. The van der Waals surface area contributed by atoms with E-state index in [0.29, 0.717) is 24.9 Å². The molecule has 1 aromatic carbocycles. The fourth-order valence-corrected chi connectivity index (χ4v) is 7.53. The van der Waals surface area contributed by atoms with Gasteiger partial charge in [0.15, 0.2) is 0 Å². The lowest BCUT2D eigenvalue weighted by Gasteiger charge is -2.37. The van der Waals surface area contributed by atoms with Crippen LogP contribution >= 0.6 is 15.9 Å². The molecular formula is C29H40BrN3O6. The number of ether oxygens (including phenoxy) is 2. The molecule has 214 valence electrons. The molecule has 1 spiro atoms. The number of nitrogens with zero attached hydrogens (tertiary/aromatic N) is 3. The molecular weight excluding hydrogens is 566 g/mol. The molecule has 0 aliphatic carbocycles. The van der Waals surface area contributed by atoms with Crippen molar-refractivity contribution in [1.29, 1.82) is 0 Å². The summed E-state index contributed by atoms with van der Waals surface area (Å²) in [6.07, 6.45) is 2.57. The highest BCUT2D eigenvalue weighted by Crippen LogP contribution is 2.60. The minimum absolute atomic E-state index is 0.00973. The van der Waals surface area contributed by atoms with Crippen molar-refractivity contribution in [2.75, 3.05) is 49.2 Å². The van der Waals surface area contributed by atoms with Gasteiger partial charge in [0.1, 0.15) is 11.6 Å². The molecule has 3 heterocycles. The number of fused-ring (bicyclic) bond motifs is 1. The molecule has 0 saturated carbocycles. The molecule has 3 unspecified atom stereocenters. The SMILES string of the molecule is C=CCN(C(=O)C1N(CCCCO)C(=O)[C@@H]2[C@H](C(=O)OCC)[C@H]3OC12CC3Br)c1ccc(N(CC)CC)cc1. The van der Waals surface area contributed by atoms with Crippen LogP contribution in [0.5, 0.6) is 0 Å². The number of hydrogen-bond acceptors (Lipinski definition) is 7. The second-order valence-electron chi connectivity index (χ2n) is 10.3. The number of unbranched alkanes of at least 4 members (excludes halogenated alkanes) is 1. The van der Waals surface area contributed by atoms with Crippen molar-refractivity contribution in [1.82, 2.24) is 4.90 Å². The number of amides is 2. The van der Waals surface area contributed by atoms with Crippen LogP contribution in [-0.2, 0) is 23.9 Å². The number of benzene rings is 1. The lowest BCUT2D eigenvalue weighted by molar-refractivity contribution is -0.154. The van der Waals surface area contributed by atoms with Crippen molar-refractivity contribution in [3.63, 3.8) is 0 Å². The molecule has 3 fully saturated rings. The molecule has 9 nitrogen and oxygen atoms in total. The quantitative estimate of drug-likeness (QED) is 0.160. The maximum atomic E-state index is 14.5. The van der Waals surface area contributed by atoms with Crippen LogP contribution in [0.4, 0.5) is 11.4 Å². The van der Waals surface area contributed by atoms with E-state index in [4.69, 9.17) is 9.47 Å². The van der Waals surface area contributed by atoms with E-state index >= 15 is 0 Å². The van der Waals surface area contributed by atoms with Crippen LogP contribution in [0.25, 0.3) is 0 Å². The molecule has 2 bridgehead atoms. The van der Waals surface area contributed by atoms with Crippen molar-refractivity contribution in [3.05, 3.63) is 36.9 Å². The number of carbonyl (C=O) groups is 3. The maximum absolute atomic E-state index is 14.5. The van der Waals surface area contributed by atoms with Crippen molar-refractivity contribution in [3.8, 4) is 0 Å². The summed E-state index contributed by atoms with van der Waals surface area (Å²) in [5, 5.41) is 9.37. The molecule has 1 N–H and O–H groups in total. The molecule has 3 saturated heterocycles. The zero-order valence-electron chi connectivity index (χ0n) is 23.1. The van der Waals surface area contributed by atoms with Crippen LogP contribution in [0.3, 0.4) is 0 Å². The highest BCUT2D eigenvalue weighted by molar-refractivity contribution is 9.09. The first-order valence-corrected chi connectivity index (χ1v) is 14.9. The van der Waals surface area contributed by atoms with Crippen LogP contribution in [0.2, 0.25) is 0 Å². The normalized spacial score (nSPS) is 28.9. The Kier molecular flexibility index (Phi) is 9.39. The molecule has 2 amide bonds. The fourth-order valence-electron chi connectivity index (χ4n) is 6.58. The van der Waals surface area contributed by atoms with Gasteiger partial charge in [-0.25, -0.2) is 0 Å². The van der Waals surface area contributed by atoms with E-state index in [1.54, 1.807) is 22.8 Å². The van der Waals surface area contributed by atoms with Gasteiger partial charge >= 0.3 is 5.97 Å². The summed E-state index contributed by atoms with van der Waals surface area (Å²) in [6, 6.07) is 6.90. The first kappa shape index (κ1) is 29.6. The Balaban J connectivity index is 1.73. The average Bonchev–Trinajstić information content (AvgIpc) is 3.52. The van der Waals surface area contributed by atoms with Crippen LogP contribution in [-0.4, -0.2) is 89.8 Å². The number of anilines is 2. The first-order chi connectivity index (χ1) is 18.8. The van der Waals surface area contributed by atoms with Gasteiger partial charge in [0.2, 0.25) is 5.91 Å². The summed E-state index contributed by atoms with van der Waals surface area (Å²) in [7, 11) is 0. The Morgan fingerprint density at radius 1 is 1.21 bits per heavy atom. The Labute approximate surface area is 239 Å². The summed E-state index contributed by atoms with van der Waals surface area (Å²) in [4.78, 5) is 46.8. The first-order valence-electron chi connectivity index (χ1n) is 14.0. The third-order valence-corrected chi connectivity index (χ3v) is 9.10. The second kappa shape index (κ2) is 12.4. The van der Waals surface area contributed by atoms with E-state index in [2.05, 4.69) is 41.3 Å². The van der Waals surface area contributed by atoms with Gasteiger partial charge in [0.25, 0.3) is 5.91 Å². The standard InChI is InChI=1S/C29H40BrN3O6/c1-5-15-32(20-13-11-19(12-14-20)31(6-2)7-3)27(36)25-29-18-21(30)24(39-29)22(28(37)38-8-4)23(29)26(35)33(25)16-9-10-17-34/h5,11-14,21-25,34H,1,6-10,15-18H2,2-4H3/t21?,22-,23-,24-,25?,29?/m0/s1. The van der Waals surface area contributed by atoms with Crippen molar-refractivity contribution >= 4 is 45.1 Å². The van der Waals surface area contributed by atoms with E-state index in [0.717, 1.165) is 18.8 Å². The molecule has 4 rings (SSSR count). The van der Waals surface area contributed by atoms with Crippen LogP contribution in [0.15, 0.2) is 36.9 Å². The van der Waals surface area contributed by atoms with Gasteiger partial charge in [-0.2, -0.15) is 0 Å². The summed E-state index contributed by atoms with van der Waals surface area (Å²) < 4.78 is 11.9. The highest BCUT2D eigenvalue weighted by Gasteiger charge is 2.77. The topological polar surface area (TPSA) is 99.6 Å². The number of carbonyl (C=O) groups excluding carboxylic acids is 3. The highest BCUT2D eigenvalue weighted by atomic mass is 79.9. The minimum Gasteiger partial charge on any atom is -0.466 e. The smallest absolute Gasteiger partial charge is 0.312 e. The molecule has 0 aromatic heterocycles. The van der Waals surface area contributed by atoms with E-state index in [1.165, 1.54) is 0 Å². The number of halogens is 1. The third kappa shape index (κ3) is 5.11. The summed E-state index contributed by atoms with van der Waals surface area (Å²) >= 11 is 3.67. The predicted molar refractivity (Wildman–Crippen MR) is 153 cm³/mol. The molecule has 6 atom stereocenters. The summed E-state index contributed by atoms with van der Waals surface area (Å²) in [5.74, 6) is -2.58. The molecule has 3 aliphatic rings. The fraction of sp³-hybridized carbons (Fsp3) is 0.621. The zero-order valence-corrected chi connectivity index (χ0v) is 24.6. The second-order valence-corrected chi connectivity index (χ2v) is 11.5. The van der Waals surface area contributed by atoms with E-state index in [1.807, 2.05) is 24.3 Å². The molecule has 39 heavy (non-hydrogen) atoms. The van der Waals surface area contributed by atoms with Gasteiger partial charge in [0.05, 0.1) is 24.5 Å². The molecule has 0 radical (unpaired) electrons. The molecule has 10 heteroatoms. The number of hydrogen-bond donors (Lipinski definition) is 1. The number of aliphatic hydroxyl groups excluding tert-OH is 1. The Morgan fingerprint density at radius 3 is 2.46 bits per heavy atom. The van der Waals surface area contributed by atoms with Crippen LogP contribution in [0.1, 0.15) is 40.0 Å². The number of aliphatic hydroxyl groups is 1. The minimum atomic E-state index is -1.15. The van der Waals surface area contributed by atoms with Gasteiger partial charge in [-0.15, -0.1) is 6.58 Å². The Bertz CT molecular complexity index is 1060. The largest absolute Gasteiger partial charge is 0.466 e. The summed E-state index contributed by atoms with van der Waals surface area (Å²) in [6.45, 7) is 12.3. The Hall–Kier alpha value is -2.43. The van der Waals surface area contributed by atoms with Crippen molar-refractivity contribution in [2.45, 2.75) is 62.6 Å². The number of alkyl halides is 1. The molecule has 1 aromatic rings. The van der Waals surface area contributed by atoms with Crippen molar-refractivity contribution < 1.29 is 29.0 Å². The lowest BCUT2D eigenvalue weighted by atomic mass is 9.70. The average molecular weight is 607 g/mol. The Morgan fingerprint density at radius 2 is 1.87 bits per heavy atom. The van der Waals surface area contributed by atoms with Gasteiger partial charge in [-0.05, 0) is 64.3 Å². The number of likely N-dealkylation sites (tertiary alicyclic amines) is 1.